The first kappa shape index (κ1) is 12.5. The molecule has 2 aromatic carbocycles. The Morgan fingerprint density at radius 1 is 1.10 bits per heavy atom. The summed E-state index contributed by atoms with van der Waals surface area (Å²) in [4.78, 5) is 2.37. The molecule has 1 aromatic heterocycles. The Labute approximate surface area is 124 Å². The van der Waals surface area contributed by atoms with Gasteiger partial charge in [-0.25, -0.2) is 0 Å². The van der Waals surface area contributed by atoms with Crippen molar-refractivity contribution in [3.8, 4) is 0 Å². The van der Waals surface area contributed by atoms with E-state index in [1.54, 1.807) is 0 Å². The van der Waals surface area contributed by atoms with Gasteiger partial charge in [-0.15, -0.1) is 0 Å². The quantitative estimate of drug-likeness (QED) is 0.797. The topological polar surface area (TPSA) is 42.4 Å². The van der Waals surface area contributed by atoms with Gasteiger partial charge in [0.15, 0.2) is 0 Å². The van der Waals surface area contributed by atoms with Crippen LogP contribution in [0.5, 0.6) is 0 Å². The van der Waals surface area contributed by atoms with Crippen molar-refractivity contribution < 1.29 is 4.42 Å². The Morgan fingerprint density at radius 2 is 1.90 bits per heavy atom. The molecule has 0 aliphatic carbocycles. The Morgan fingerprint density at radius 3 is 2.76 bits per heavy atom. The van der Waals surface area contributed by atoms with Crippen molar-refractivity contribution in [2.24, 2.45) is 5.73 Å². The average molecular weight is 278 g/mol. The van der Waals surface area contributed by atoms with E-state index in [2.05, 4.69) is 41.3 Å². The van der Waals surface area contributed by atoms with E-state index in [4.69, 9.17) is 10.2 Å². The van der Waals surface area contributed by atoms with Crippen LogP contribution in [-0.2, 0) is 6.42 Å². The monoisotopic (exact) mass is 278 g/mol. The molecule has 2 N–H and O–H groups in total. The van der Waals surface area contributed by atoms with E-state index < -0.39 is 0 Å². The fraction of sp³-hybridized carbons (Fsp3) is 0.222. The summed E-state index contributed by atoms with van der Waals surface area (Å²) in [5.41, 5.74) is 9.67. The SMILES string of the molecule is NCC(c1cc2ccccc2o1)N1CCc2ccccc21. The van der Waals surface area contributed by atoms with Gasteiger partial charge < -0.3 is 15.1 Å². The minimum atomic E-state index is 0.0982. The average Bonchev–Trinajstić information content (AvgIpc) is 3.13. The number of furan rings is 1. The second-order valence-corrected chi connectivity index (χ2v) is 5.51. The second kappa shape index (κ2) is 4.93. The molecule has 1 atom stereocenters. The predicted molar refractivity (Wildman–Crippen MR) is 85.5 cm³/mol. The highest BCUT2D eigenvalue weighted by molar-refractivity contribution is 5.78. The molecule has 2 heterocycles. The minimum absolute atomic E-state index is 0.0982. The van der Waals surface area contributed by atoms with Crippen LogP contribution >= 0.6 is 0 Å². The molecule has 3 heteroatoms. The standard InChI is InChI=1S/C18H18N2O/c19-12-16(18-11-14-6-2-4-8-17(14)21-18)20-10-9-13-5-1-3-7-15(13)20/h1-8,11,16H,9-10,12,19H2. The normalized spacial score (nSPS) is 15.4. The third kappa shape index (κ3) is 2.01. The molecule has 0 fully saturated rings. The van der Waals surface area contributed by atoms with E-state index in [0.29, 0.717) is 6.54 Å². The minimum Gasteiger partial charge on any atom is -0.459 e. The molecule has 1 aliphatic heterocycles. The zero-order chi connectivity index (χ0) is 14.2. The summed E-state index contributed by atoms with van der Waals surface area (Å²) in [5, 5.41) is 1.14. The van der Waals surface area contributed by atoms with Gasteiger partial charge in [0.25, 0.3) is 0 Å². The number of hydrogen-bond donors (Lipinski definition) is 1. The molecule has 0 saturated heterocycles. The maximum atomic E-state index is 6.06. The highest BCUT2D eigenvalue weighted by Gasteiger charge is 2.28. The maximum Gasteiger partial charge on any atom is 0.134 e. The summed E-state index contributed by atoms with van der Waals surface area (Å²) in [6, 6.07) is 18.9. The molecular formula is C18H18N2O. The lowest BCUT2D eigenvalue weighted by Gasteiger charge is -2.27. The van der Waals surface area contributed by atoms with E-state index in [9.17, 15) is 0 Å². The number of benzene rings is 2. The van der Waals surface area contributed by atoms with Crippen LogP contribution < -0.4 is 10.6 Å². The van der Waals surface area contributed by atoms with Crippen LogP contribution in [0.25, 0.3) is 11.0 Å². The third-order valence-electron chi connectivity index (χ3n) is 4.30. The molecule has 1 unspecified atom stereocenters. The van der Waals surface area contributed by atoms with Crippen LogP contribution in [0.3, 0.4) is 0 Å². The van der Waals surface area contributed by atoms with E-state index in [0.717, 1.165) is 29.7 Å². The van der Waals surface area contributed by atoms with E-state index >= 15 is 0 Å². The van der Waals surface area contributed by atoms with Crippen LogP contribution in [0.4, 0.5) is 5.69 Å². The highest BCUT2D eigenvalue weighted by atomic mass is 16.3. The number of para-hydroxylation sites is 2. The summed E-state index contributed by atoms with van der Waals surface area (Å²) in [5.74, 6) is 0.954. The number of rotatable bonds is 3. The lowest BCUT2D eigenvalue weighted by atomic mass is 10.1. The van der Waals surface area contributed by atoms with Crippen LogP contribution in [0.1, 0.15) is 17.4 Å². The van der Waals surface area contributed by atoms with E-state index in [1.807, 2.05) is 18.2 Å². The van der Waals surface area contributed by atoms with Gasteiger partial charge in [0.2, 0.25) is 0 Å². The Balaban J connectivity index is 1.75. The van der Waals surface area contributed by atoms with Crippen LogP contribution in [0.15, 0.2) is 59.0 Å². The zero-order valence-electron chi connectivity index (χ0n) is 11.8. The van der Waals surface area contributed by atoms with Crippen molar-refractivity contribution in [2.45, 2.75) is 12.5 Å². The van der Waals surface area contributed by atoms with Gasteiger partial charge >= 0.3 is 0 Å². The molecule has 21 heavy (non-hydrogen) atoms. The molecule has 0 radical (unpaired) electrons. The number of fused-ring (bicyclic) bond motifs is 2. The summed E-state index contributed by atoms with van der Waals surface area (Å²) >= 11 is 0. The Hall–Kier alpha value is -2.26. The van der Waals surface area contributed by atoms with Gasteiger partial charge in [-0.3, -0.25) is 0 Å². The lowest BCUT2D eigenvalue weighted by molar-refractivity contribution is 0.480. The highest BCUT2D eigenvalue weighted by Crippen LogP contribution is 2.36. The summed E-state index contributed by atoms with van der Waals surface area (Å²) in [7, 11) is 0. The van der Waals surface area contributed by atoms with E-state index in [1.165, 1.54) is 11.3 Å². The fourth-order valence-electron chi connectivity index (χ4n) is 3.25. The molecule has 0 spiro atoms. The van der Waals surface area contributed by atoms with Crippen LogP contribution in [0, 0.1) is 0 Å². The third-order valence-corrected chi connectivity index (χ3v) is 4.30. The predicted octanol–water partition coefficient (Wildman–Crippen LogP) is 3.50. The first-order valence-corrected chi connectivity index (χ1v) is 7.40. The largest absolute Gasteiger partial charge is 0.459 e. The lowest BCUT2D eigenvalue weighted by Crippen LogP contribution is -2.32. The molecule has 106 valence electrons. The number of nitrogens with zero attached hydrogens (tertiary/aromatic N) is 1. The molecule has 4 rings (SSSR count). The summed E-state index contributed by atoms with van der Waals surface area (Å²) in [6.45, 7) is 1.55. The van der Waals surface area contributed by atoms with Gasteiger partial charge in [0.1, 0.15) is 11.3 Å². The van der Waals surface area contributed by atoms with Gasteiger partial charge in [0.05, 0.1) is 6.04 Å². The van der Waals surface area contributed by atoms with Gasteiger partial charge in [-0.05, 0) is 30.2 Å². The number of nitrogens with two attached hydrogens (primary N) is 1. The number of hydrogen-bond acceptors (Lipinski definition) is 3. The van der Waals surface area contributed by atoms with Crippen molar-refractivity contribution >= 4 is 16.7 Å². The van der Waals surface area contributed by atoms with Crippen molar-refractivity contribution in [3.05, 3.63) is 65.9 Å². The van der Waals surface area contributed by atoms with E-state index in [-0.39, 0.29) is 6.04 Å². The van der Waals surface area contributed by atoms with Crippen molar-refractivity contribution in [1.82, 2.24) is 0 Å². The maximum absolute atomic E-state index is 6.06. The Kier molecular flexibility index (Phi) is 2.93. The summed E-state index contributed by atoms with van der Waals surface area (Å²) in [6.07, 6.45) is 1.08. The number of anilines is 1. The molecule has 0 saturated carbocycles. The van der Waals surface area contributed by atoms with Crippen LogP contribution in [-0.4, -0.2) is 13.1 Å². The molecule has 0 bridgehead atoms. The zero-order valence-corrected chi connectivity index (χ0v) is 11.8. The van der Waals surface area contributed by atoms with Gasteiger partial charge in [-0.2, -0.15) is 0 Å². The second-order valence-electron chi connectivity index (χ2n) is 5.51. The molecular weight excluding hydrogens is 260 g/mol. The summed E-state index contributed by atoms with van der Waals surface area (Å²) < 4.78 is 6.03. The van der Waals surface area contributed by atoms with Gasteiger partial charge in [-0.1, -0.05) is 36.4 Å². The van der Waals surface area contributed by atoms with Crippen molar-refractivity contribution in [2.75, 3.05) is 18.0 Å². The van der Waals surface area contributed by atoms with Crippen LogP contribution in [0.2, 0.25) is 0 Å². The molecule has 1 aliphatic rings. The smallest absolute Gasteiger partial charge is 0.134 e. The Bertz CT molecular complexity index is 744. The van der Waals surface area contributed by atoms with Crippen molar-refractivity contribution in [1.29, 1.82) is 0 Å². The molecule has 3 aromatic rings. The first-order valence-electron chi connectivity index (χ1n) is 7.40. The van der Waals surface area contributed by atoms with Crippen molar-refractivity contribution in [3.63, 3.8) is 0 Å². The first-order chi connectivity index (χ1) is 10.4. The van der Waals surface area contributed by atoms with Gasteiger partial charge in [0, 0.05) is 24.2 Å². The molecule has 3 nitrogen and oxygen atoms in total. The molecule has 0 amide bonds. The fourth-order valence-corrected chi connectivity index (χ4v) is 3.25.